The molecule has 0 saturated heterocycles. The molecule has 0 bridgehead atoms. The molecule has 0 amide bonds. The number of hydrogen-bond donors (Lipinski definition) is 0. The first-order valence-electron chi connectivity index (χ1n) is 5.46. The van der Waals surface area contributed by atoms with Crippen LogP contribution in [-0.4, -0.2) is 10.8 Å². The summed E-state index contributed by atoms with van der Waals surface area (Å²) in [7, 11) is 0. The summed E-state index contributed by atoms with van der Waals surface area (Å²) in [4.78, 5) is 15.8. The number of pyridine rings is 1. The number of benzene rings is 1. The summed E-state index contributed by atoms with van der Waals surface area (Å²) in [6.45, 7) is 2.03. The van der Waals surface area contributed by atoms with Crippen molar-refractivity contribution in [1.29, 1.82) is 0 Å². The minimum absolute atomic E-state index is 0.0768. The van der Waals surface area contributed by atoms with E-state index in [0.717, 1.165) is 5.56 Å². The standard InChI is InChI=1S/C15H13NO/c1-12-5-4-6-13(11-12)8-9-15(17)14-7-2-3-10-16-14/h2-11H,1H3/b9-8+. The first kappa shape index (κ1) is 11.3. The van der Waals surface area contributed by atoms with Crippen LogP contribution in [-0.2, 0) is 0 Å². The van der Waals surface area contributed by atoms with Gasteiger partial charge in [0.15, 0.2) is 0 Å². The second kappa shape index (κ2) is 5.21. The Hall–Kier alpha value is -2.22. The van der Waals surface area contributed by atoms with Crippen molar-refractivity contribution in [1.82, 2.24) is 4.98 Å². The summed E-state index contributed by atoms with van der Waals surface area (Å²) in [5.74, 6) is -0.0768. The Morgan fingerprint density at radius 1 is 1.18 bits per heavy atom. The largest absolute Gasteiger partial charge is 0.288 e. The predicted molar refractivity (Wildman–Crippen MR) is 68.8 cm³/mol. The monoisotopic (exact) mass is 223 g/mol. The molecule has 2 rings (SSSR count). The lowest BCUT2D eigenvalue weighted by Crippen LogP contribution is -1.96. The van der Waals surface area contributed by atoms with Crippen LogP contribution >= 0.6 is 0 Å². The van der Waals surface area contributed by atoms with Crippen LogP contribution in [0.3, 0.4) is 0 Å². The van der Waals surface area contributed by atoms with Gasteiger partial charge in [0.05, 0.1) is 0 Å². The molecule has 0 unspecified atom stereocenters. The van der Waals surface area contributed by atoms with E-state index in [-0.39, 0.29) is 5.78 Å². The number of rotatable bonds is 3. The summed E-state index contributed by atoms with van der Waals surface area (Å²) in [6.07, 6.45) is 4.98. The fourth-order valence-electron chi connectivity index (χ4n) is 1.54. The van der Waals surface area contributed by atoms with Crippen LogP contribution in [0.15, 0.2) is 54.7 Å². The van der Waals surface area contributed by atoms with Crippen molar-refractivity contribution in [2.75, 3.05) is 0 Å². The number of carbonyl (C=O) groups excluding carboxylic acids is 1. The van der Waals surface area contributed by atoms with Gasteiger partial charge in [-0.15, -0.1) is 0 Å². The van der Waals surface area contributed by atoms with Gasteiger partial charge in [-0.1, -0.05) is 42.0 Å². The van der Waals surface area contributed by atoms with Crippen molar-refractivity contribution in [3.8, 4) is 0 Å². The lowest BCUT2D eigenvalue weighted by atomic mass is 10.1. The van der Waals surface area contributed by atoms with Crippen LogP contribution in [0.4, 0.5) is 0 Å². The first-order valence-corrected chi connectivity index (χ1v) is 5.46. The van der Waals surface area contributed by atoms with E-state index in [4.69, 9.17) is 0 Å². The van der Waals surface area contributed by atoms with Gasteiger partial charge < -0.3 is 0 Å². The Labute approximate surface area is 101 Å². The molecule has 17 heavy (non-hydrogen) atoms. The molecule has 0 aliphatic carbocycles. The average Bonchev–Trinajstić information content (AvgIpc) is 2.37. The van der Waals surface area contributed by atoms with Crippen LogP contribution in [0.1, 0.15) is 21.6 Å². The maximum Gasteiger partial charge on any atom is 0.204 e. The summed E-state index contributed by atoms with van der Waals surface area (Å²) in [5, 5.41) is 0. The number of nitrogens with zero attached hydrogens (tertiary/aromatic N) is 1. The molecule has 0 N–H and O–H groups in total. The van der Waals surface area contributed by atoms with E-state index in [1.165, 1.54) is 5.56 Å². The number of allylic oxidation sites excluding steroid dienone is 1. The molecule has 0 fully saturated rings. The van der Waals surface area contributed by atoms with Crippen LogP contribution < -0.4 is 0 Å². The second-order valence-electron chi connectivity index (χ2n) is 3.83. The SMILES string of the molecule is Cc1cccc(/C=C/C(=O)c2ccccn2)c1. The lowest BCUT2D eigenvalue weighted by Gasteiger charge is -1.96. The van der Waals surface area contributed by atoms with E-state index >= 15 is 0 Å². The summed E-state index contributed by atoms with van der Waals surface area (Å²) < 4.78 is 0. The normalized spacial score (nSPS) is 10.6. The molecule has 0 saturated carbocycles. The Balaban J connectivity index is 2.14. The number of aryl methyl sites for hydroxylation is 1. The zero-order valence-electron chi connectivity index (χ0n) is 9.63. The molecule has 1 heterocycles. The maximum absolute atomic E-state index is 11.8. The Morgan fingerprint density at radius 3 is 2.76 bits per heavy atom. The van der Waals surface area contributed by atoms with Gasteiger partial charge in [0, 0.05) is 6.20 Å². The van der Waals surface area contributed by atoms with Gasteiger partial charge in [0.25, 0.3) is 0 Å². The van der Waals surface area contributed by atoms with Gasteiger partial charge >= 0.3 is 0 Å². The predicted octanol–water partition coefficient (Wildman–Crippen LogP) is 3.29. The molecule has 0 radical (unpaired) electrons. The topological polar surface area (TPSA) is 30.0 Å². The van der Waals surface area contributed by atoms with E-state index in [2.05, 4.69) is 4.98 Å². The maximum atomic E-state index is 11.8. The number of aromatic nitrogens is 1. The summed E-state index contributed by atoms with van der Waals surface area (Å²) >= 11 is 0. The summed E-state index contributed by atoms with van der Waals surface area (Å²) in [5.41, 5.74) is 2.67. The molecule has 84 valence electrons. The highest BCUT2D eigenvalue weighted by Gasteiger charge is 2.00. The smallest absolute Gasteiger partial charge is 0.204 e. The first-order chi connectivity index (χ1) is 8.25. The van der Waals surface area contributed by atoms with E-state index in [1.807, 2.05) is 37.3 Å². The quantitative estimate of drug-likeness (QED) is 0.590. The third-order valence-corrected chi connectivity index (χ3v) is 2.39. The van der Waals surface area contributed by atoms with E-state index < -0.39 is 0 Å². The molecule has 1 aromatic carbocycles. The molecular formula is C15H13NO. The number of hydrogen-bond acceptors (Lipinski definition) is 2. The number of ketones is 1. The zero-order chi connectivity index (χ0) is 12.1. The molecule has 2 aromatic rings. The van der Waals surface area contributed by atoms with Gasteiger partial charge in [-0.2, -0.15) is 0 Å². The molecule has 0 aliphatic heterocycles. The molecule has 0 atom stereocenters. The molecule has 1 aromatic heterocycles. The van der Waals surface area contributed by atoms with Crippen LogP contribution in [0, 0.1) is 6.92 Å². The second-order valence-corrected chi connectivity index (χ2v) is 3.83. The third-order valence-electron chi connectivity index (χ3n) is 2.39. The van der Waals surface area contributed by atoms with Gasteiger partial charge in [-0.25, -0.2) is 0 Å². The van der Waals surface area contributed by atoms with Gasteiger partial charge in [-0.05, 0) is 30.7 Å². The highest BCUT2D eigenvalue weighted by molar-refractivity contribution is 6.05. The van der Waals surface area contributed by atoms with Crippen molar-refractivity contribution >= 4 is 11.9 Å². The van der Waals surface area contributed by atoms with Crippen LogP contribution in [0.25, 0.3) is 6.08 Å². The van der Waals surface area contributed by atoms with E-state index in [1.54, 1.807) is 30.5 Å². The summed E-state index contributed by atoms with van der Waals surface area (Å²) in [6, 6.07) is 13.3. The minimum Gasteiger partial charge on any atom is -0.288 e. The molecular weight excluding hydrogens is 210 g/mol. The lowest BCUT2D eigenvalue weighted by molar-refractivity contribution is 0.104. The highest BCUT2D eigenvalue weighted by Crippen LogP contribution is 2.07. The third kappa shape index (κ3) is 3.11. The molecule has 2 nitrogen and oxygen atoms in total. The van der Waals surface area contributed by atoms with Crippen molar-refractivity contribution in [3.05, 3.63) is 71.6 Å². The zero-order valence-corrected chi connectivity index (χ0v) is 9.63. The average molecular weight is 223 g/mol. The minimum atomic E-state index is -0.0768. The molecule has 2 heteroatoms. The van der Waals surface area contributed by atoms with Crippen molar-refractivity contribution in [2.45, 2.75) is 6.92 Å². The van der Waals surface area contributed by atoms with Crippen molar-refractivity contribution in [3.63, 3.8) is 0 Å². The molecule has 0 spiro atoms. The van der Waals surface area contributed by atoms with Crippen molar-refractivity contribution < 1.29 is 4.79 Å². The Morgan fingerprint density at radius 2 is 2.06 bits per heavy atom. The van der Waals surface area contributed by atoms with Gasteiger partial charge in [0.1, 0.15) is 5.69 Å². The highest BCUT2D eigenvalue weighted by atomic mass is 16.1. The Bertz CT molecular complexity index is 544. The fraction of sp³-hybridized carbons (Fsp3) is 0.0667. The number of carbonyl (C=O) groups is 1. The molecule has 0 aliphatic rings. The van der Waals surface area contributed by atoms with E-state index in [0.29, 0.717) is 5.69 Å². The van der Waals surface area contributed by atoms with Crippen LogP contribution in [0.5, 0.6) is 0 Å². The fourth-order valence-corrected chi connectivity index (χ4v) is 1.54. The van der Waals surface area contributed by atoms with Crippen molar-refractivity contribution in [2.24, 2.45) is 0 Å². The van der Waals surface area contributed by atoms with Gasteiger partial charge in [0.2, 0.25) is 5.78 Å². The Kier molecular flexibility index (Phi) is 3.46. The van der Waals surface area contributed by atoms with E-state index in [9.17, 15) is 4.79 Å². The van der Waals surface area contributed by atoms with Crippen LogP contribution in [0.2, 0.25) is 0 Å². The van der Waals surface area contributed by atoms with Gasteiger partial charge in [-0.3, -0.25) is 9.78 Å².